The summed E-state index contributed by atoms with van der Waals surface area (Å²) in [4.78, 5) is 17.3. The molecule has 0 atom stereocenters. The number of halogens is 1. The molecule has 0 saturated heterocycles. The van der Waals surface area contributed by atoms with Gasteiger partial charge in [0.05, 0.1) is 12.1 Å². The van der Waals surface area contributed by atoms with Crippen molar-refractivity contribution in [3.05, 3.63) is 44.9 Å². The minimum atomic E-state index is -0.345. The smallest absolute Gasteiger partial charge is 0.255 e. The van der Waals surface area contributed by atoms with Crippen LogP contribution in [-0.2, 0) is 13.0 Å². The number of nitrogens with one attached hydrogen (secondary N) is 1. The third-order valence-corrected chi connectivity index (χ3v) is 3.93. The summed E-state index contributed by atoms with van der Waals surface area (Å²) < 4.78 is 0. The van der Waals surface area contributed by atoms with E-state index in [1.807, 2.05) is 6.20 Å². The van der Waals surface area contributed by atoms with Gasteiger partial charge in [0.15, 0.2) is 0 Å². The molecule has 1 aromatic heterocycles. The van der Waals surface area contributed by atoms with Crippen LogP contribution in [0.1, 0.15) is 27.2 Å². The number of hydrogen-bond donors (Lipinski definition) is 2. The monoisotopic (exact) mass is 296 g/mol. The lowest BCUT2D eigenvalue weighted by Crippen LogP contribution is -2.22. The molecule has 6 heteroatoms. The summed E-state index contributed by atoms with van der Waals surface area (Å²) in [6.45, 7) is 2.41. The number of phenolic OH excluding ortho intramolecular Hbond substituents is 1. The highest BCUT2D eigenvalue weighted by atomic mass is 35.5. The van der Waals surface area contributed by atoms with Gasteiger partial charge in [-0.25, -0.2) is 4.98 Å². The van der Waals surface area contributed by atoms with Crippen LogP contribution in [0.2, 0.25) is 5.02 Å². The van der Waals surface area contributed by atoms with Crippen LogP contribution in [0.3, 0.4) is 0 Å². The summed E-state index contributed by atoms with van der Waals surface area (Å²) in [5, 5.41) is 13.6. The second-order valence-corrected chi connectivity index (χ2v) is 5.55. The van der Waals surface area contributed by atoms with E-state index in [9.17, 15) is 9.90 Å². The van der Waals surface area contributed by atoms with E-state index in [4.69, 9.17) is 11.6 Å². The second kappa shape index (κ2) is 6.04. The Labute approximate surface area is 120 Å². The van der Waals surface area contributed by atoms with Crippen LogP contribution >= 0.6 is 22.9 Å². The molecule has 0 fully saturated rings. The first-order chi connectivity index (χ1) is 9.10. The summed E-state index contributed by atoms with van der Waals surface area (Å²) in [5.41, 5.74) is 0.205. The van der Waals surface area contributed by atoms with Gasteiger partial charge in [-0.05, 0) is 24.6 Å². The number of rotatable bonds is 4. The van der Waals surface area contributed by atoms with E-state index in [1.165, 1.54) is 17.0 Å². The van der Waals surface area contributed by atoms with Gasteiger partial charge in [-0.1, -0.05) is 18.5 Å². The second-order valence-electron chi connectivity index (χ2n) is 3.92. The fourth-order valence-electron chi connectivity index (χ4n) is 1.54. The van der Waals surface area contributed by atoms with Crippen LogP contribution in [0, 0.1) is 0 Å². The molecule has 0 saturated carbocycles. The maximum atomic E-state index is 11.9. The Bertz CT molecular complexity index is 598. The van der Waals surface area contributed by atoms with Crippen LogP contribution in [0.25, 0.3) is 0 Å². The molecule has 1 heterocycles. The first kappa shape index (κ1) is 13.8. The lowest BCUT2D eigenvalue weighted by Gasteiger charge is -2.05. The molecule has 0 aliphatic rings. The van der Waals surface area contributed by atoms with Gasteiger partial charge in [-0.2, -0.15) is 0 Å². The van der Waals surface area contributed by atoms with Gasteiger partial charge < -0.3 is 10.4 Å². The molecular formula is C13H13ClN2O2S. The summed E-state index contributed by atoms with van der Waals surface area (Å²) >= 11 is 7.28. The van der Waals surface area contributed by atoms with E-state index in [0.717, 1.165) is 11.4 Å². The highest BCUT2D eigenvalue weighted by molar-refractivity contribution is 7.11. The molecule has 0 spiro atoms. The Morgan fingerprint density at radius 3 is 2.95 bits per heavy atom. The number of carbonyl (C=O) groups is 1. The predicted octanol–water partition coefficient (Wildman–Crippen LogP) is 2.99. The Morgan fingerprint density at radius 1 is 1.53 bits per heavy atom. The molecule has 2 aromatic rings. The fourth-order valence-corrected chi connectivity index (χ4v) is 2.51. The van der Waals surface area contributed by atoms with Crippen LogP contribution in [0.5, 0.6) is 5.75 Å². The molecule has 2 rings (SSSR count). The quantitative estimate of drug-likeness (QED) is 0.912. The van der Waals surface area contributed by atoms with Crippen molar-refractivity contribution in [2.24, 2.45) is 0 Å². The molecule has 2 N–H and O–H groups in total. The average molecular weight is 297 g/mol. The molecule has 0 unspecified atom stereocenters. The zero-order valence-corrected chi connectivity index (χ0v) is 11.9. The predicted molar refractivity (Wildman–Crippen MR) is 75.8 cm³/mol. The first-order valence-corrected chi connectivity index (χ1v) is 7.00. The van der Waals surface area contributed by atoms with Gasteiger partial charge in [-0.15, -0.1) is 11.3 Å². The average Bonchev–Trinajstić information content (AvgIpc) is 2.84. The van der Waals surface area contributed by atoms with Gasteiger partial charge in [0.25, 0.3) is 5.91 Å². The largest absolute Gasteiger partial charge is 0.507 e. The summed E-state index contributed by atoms with van der Waals surface area (Å²) in [5.74, 6) is -0.471. The van der Waals surface area contributed by atoms with Crippen LogP contribution in [0.15, 0.2) is 24.4 Å². The molecule has 1 aromatic carbocycles. The third-order valence-electron chi connectivity index (χ3n) is 2.55. The molecule has 1 amide bonds. The molecule has 4 nitrogen and oxygen atoms in total. The molecule has 0 radical (unpaired) electrons. The van der Waals surface area contributed by atoms with Crippen molar-refractivity contribution in [3.63, 3.8) is 0 Å². The topological polar surface area (TPSA) is 62.2 Å². The molecule has 19 heavy (non-hydrogen) atoms. The lowest BCUT2D eigenvalue weighted by atomic mass is 10.2. The maximum Gasteiger partial charge on any atom is 0.255 e. The zero-order valence-electron chi connectivity index (χ0n) is 10.3. The van der Waals surface area contributed by atoms with E-state index in [-0.39, 0.29) is 17.2 Å². The van der Waals surface area contributed by atoms with E-state index < -0.39 is 0 Å². The van der Waals surface area contributed by atoms with Crippen LogP contribution in [-0.4, -0.2) is 16.0 Å². The fraction of sp³-hybridized carbons (Fsp3) is 0.231. The number of aromatic hydroxyl groups is 1. The van der Waals surface area contributed by atoms with Gasteiger partial charge in [0, 0.05) is 16.1 Å². The van der Waals surface area contributed by atoms with Crippen molar-refractivity contribution in [1.29, 1.82) is 0 Å². The van der Waals surface area contributed by atoms with Crippen LogP contribution in [0.4, 0.5) is 0 Å². The van der Waals surface area contributed by atoms with Crippen molar-refractivity contribution in [3.8, 4) is 5.75 Å². The van der Waals surface area contributed by atoms with Gasteiger partial charge in [0.2, 0.25) is 0 Å². The number of nitrogens with zero attached hydrogens (tertiary/aromatic N) is 1. The summed E-state index contributed by atoms with van der Waals surface area (Å²) in [6, 6.07) is 4.40. The number of benzene rings is 1. The standard InChI is InChI=1S/C13H13ClN2O2S/c1-2-9-6-15-12(19-9)7-16-13(18)10-4-3-8(14)5-11(10)17/h3-6,17H,2,7H2,1H3,(H,16,18). The molecule has 0 aliphatic carbocycles. The summed E-state index contributed by atoms with van der Waals surface area (Å²) in [6.07, 6.45) is 2.75. The highest BCUT2D eigenvalue weighted by Crippen LogP contribution is 2.22. The lowest BCUT2D eigenvalue weighted by molar-refractivity contribution is 0.0948. The number of aromatic nitrogens is 1. The van der Waals surface area contributed by atoms with E-state index in [2.05, 4.69) is 17.2 Å². The normalized spacial score (nSPS) is 10.4. The van der Waals surface area contributed by atoms with Crippen molar-refractivity contribution in [2.75, 3.05) is 0 Å². The number of aryl methyl sites for hydroxylation is 1. The van der Waals surface area contributed by atoms with E-state index in [0.29, 0.717) is 11.6 Å². The third kappa shape index (κ3) is 3.45. The number of amides is 1. The Morgan fingerprint density at radius 2 is 2.32 bits per heavy atom. The number of thiazole rings is 1. The molecule has 0 aliphatic heterocycles. The van der Waals surface area contributed by atoms with Gasteiger partial charge in [0.1, 0.15) is 10.8 Å². The molecule has 100 valence electrons. The Hall–Kier alpha value is -1.59. The number of hydrogen-bond acceptors (Lipinski definition) is 4. The summed E-state index contributed by atoms with van der Waals surface area (Å²) in [7, 11) is 0. The van der Waals surface area contributed by atoms with Gasteiger partial charge in [-0.3, -0.25) is 4.79 Å². The minimum Gasteiger partial charge on any atom is -0.507 e. The van der Waals surface area contributed by atoms with E-state index >= 15 is 0 Å². The van der Waals surface area contributed by atoms with Crippen molar-refractivity contribution in [2.45, 2.75) is 19.9 Å². The number of carbonyl (C=O) groups excluding carboxylic acids is 1. The molecule has 0 bridgehead atoms. The number of phenols is 1. The first-order valence-electron chi connectivity index (χ1n) is 5.80. The zero-order chi connectivity index (χ0) is 13.8. The minimum absolute atomic E-state index is 0.126. The SMILES string of the molecule is CCc1cnc(CNC(=O)c2ccc(Cl)cc2O)s1. The van der Waals surface area contributed by atoms with Crippen molar-refractivity contribution in [1.82, 2.24) is 10.3 Å². The van der Waals surface area contributed by atoms with Gasteiger partial charge >= 0.3 is 0 Å². The Kier molecular flexibility index (Phi) is 4.39. The van der Waals surface area contributed by atoms with Crippen molar-refractivity contribution >= 4 is 28.8 Å². The van der Waals surface area contributed by atoms with Crippen LogP contribution < -0.4 is 5.32 Å². The maximum absolute atomic E-state index is 11.9. The Balaban J connectivity index is 2.01. The van der Waals surface area contributed by atoms with E-state index in [1.54, 1.807) is 17.4 Å². The van der Waals surface area contributed by atoms with Crippen molar-refractivity contribution < 1.29 is 9.90 Å². The highest BCUT2D eigenvalue weighted by Gasteiger charge is 2.11. The molecular weight excluding hydrogens is 284 g/mol.